The van der Waals surface area contributed by atoms with Crippen LogP contribution in [0.25, 0.3) is 5.57 Å². The summed E-state index contributed by atoms with van der Waals surface area (Å²) in [5.74, 6) is 0. The van der Waals surface area contributed by atoms with Gasteiger partial charge in [-0.25, -0.2) is 0 Å². The molecule has 2 aromatic carbocycles. The first kappa shape index (κ1) is 22.2. The van der Waals surface area contributed by atoms with Gasteiger partial charge in [-0.05, 0) is 68.0 Å². The van der Waals surface area contributed by atoms with Crippen LogP contribution in [-0.4, -0.2) is 0 Å². The summed E-state index contributed by atoms with van der Waals surface area (Å²) in [5.41, 5.74) is 6.81. The van der Waals surface area contributed by atoms with Crippen molar-refractivity contribution in [2.45, 2.75) is 47.0 Å². The van der Waals surface area contributed by atoms with E-state index >= 15 is 0 Å². The van der Waals surface area contributed by atoms with Crippen LogP contribution in [0.15, 0.2) is 83.4 Å². The van der Waals surface area contributed by atoms with Crippen LogP contribution in [0.5, 0.6) is 0 Å². The van der Waals surface area contributed by atoms with E-state index in [-0.39, 0.29) is 0 Å². The Kier molecular flexibility index (Phi) is 10.7. The second kappa shape index (κ2) is 12.5. The molecule has 2 aromatic rings. The molecule has 0 aliphatic rings. The summed E-state index contributed by atoms with van der Waals surface area (Å²) in [6.07, 6.45) is 9.68. The number of unbranched alkanes of at least 4 members (excludes halogenated alkanes) is 1. The van der Waals surface area contributed by atoms with Gasteiger partial charge in [-0.15, -0.1) is 0 Å². The fraction of sp³-hybridized carbons (Fsp3) is 0.280. The first-order chi connectivity index (χ1) is 12.5. The molecule has 0 spiro atoms. The third-order valence-corrected chi connectivity index (χ3v) is 4.80. The van der Waals surface area contributed by atoms with E-state index < -0.39 is 0 Å². The minimum Gasteiger partial charge on any atom is -0.0991 e. The van der Waals surface area contributed by atoms with Crippen molar-refractivity contribution in [3.8, 4) is 0 Å². The Hall–Kier alpha value is -1.86. The quantitative estimate of drug-likeness (QED) is 0.418. The Morgan fingerprint density at radius 2 is 1.69 bits per heavy atom. The van der Waals surface area contributed by atoms with E-state index in [1.165, 1.54) is 40.7 Å². The van der Waals surface area contributed by atoms with Gasteiger partial charge in [0.05, 0.1) is 0 Å². The summed E-state index contributed by atoms with van der Waals surface area (Å²) in [6, 6.07) is 16.8. The molecule has 0 nitrogen and oxygen atoms in total. The van der Waals surface area contributed by atoms with Crippen molar-refractivity contribution in [3.05, 3.63) is 100 Å². The molecule has 0 aliphatic heterocycles. The summed E-state index contributed by atoms with van der Waals surface area (Å²) >= 11 is 3.35. The molecule has 0 N–H and O–H groups in total. The summed E-state index contributed by atoms with van der Waals surface area (Å²) in [4.78, 5) is 0. The topological polar surface area (TPSA) is 0 Å². The van der Waals surface area contributed by atoms with Crippen LogP contribution >= 0.6 is 15.9 Å². The number of allylic oxidation sites excluding steroid dienone is 5. The van der Waals surface area contributed by atoms with Crippen LogP contribution in [0.3, 0.4) is 0 Å². The minimum absolute atomic E-state index is 1.14. The maximum Gasteiger partial charge on any atom is 0.0175 e. The molecular formula is C25H31Br. The Morgan fingerprint density at radius 3 is 2.23 bits per heavy atom. The standard InChI is InChI=1S/C18H24.C7H7Br/c1-5-7-12-17(13-8-6-2)16(4)18-14-10-9-11-15(18)3;1-6-2-4-7(8)5-3-6/h5,7,9-12,14H,1,6,8,13H2,2-4H3;2-5H,1H3/b12-7-,17-16-;. The molecule has 0 heterocycles. The third-order valence-electron chi connectivity index (χ3n) is 4.27. The minimum atomic E-state index is 1.14. The van der Waals surface area contributed by atoms with Gasteiger partial charge in [-0.3, -0.25) is 0 Å². The lowest BCUT2D eigenvalue weighted by Gasteiger charge is -2.11. The number of hydrogen-bond acceptors (Lipinski definition) is 0. The highest BCUT2D eigenvalue weighted by Gasteiger charge is 2.04. The lowest BCUT2D eigenvalue weighted by Crippen LogP contribution is -1.90. The van der Waals surface area contributed by atoms with Crippen LogP contribution in [0.2, 0.25) is 0 Å². The van der Waals surface area contributed by atoms with Crippen molar-refractivity contribution in [1.82, 2.24) is 0 Å². The summed E-state index contributed by atoms with van der Waals surface area (Å²) in [6.45, 7) is 12.5. The van der Waals surface area contributed by atoms with Crippen LogP contribution < -0.4 is 0 Å². The van der Waals surface area contributed by atoms with Crippen LogP contribution in [0.1, 0.15) is 49.8 Å². The monoisotopic (exact) mass is 410 g/mol. The second-order valence-electron chi connectivity index (χ2n) is 6.46. The van der Waals surface area contributed by atoms with Gasteiger partial charge in [0.25, 0.3) is 0 Å². The lowest BCUT2D eigenvalue weighted by molar-refractivity contribution is 0.798. The molecule has 0 unspecified atom stereocenters. The van der Waals surface area contributed by atoms with E-state index in [1.807, 2.05) is 24.3 Å². The van der Waals surface area contributed by atoms with Gasteiger partial charge in [0.2, 0.25) is 0 Å². The molecule has 0 aliphatic carbocycles. The number of halogens is 1. The van der Waals surface area contributed by atoms with Crippen molar-refractivity contribution in [1.29, 1.82) is 0 Å². The number of rotatable bonds is 6. The van der Waals surface area contributed by atoms with Gasteiger partial charge in [0, 0.05) is 4.47 Å². The van der Waals surface area contributed by atoms with Gasteiger partial charge >= 0.3 is 0 Å². The SMILES string of the molecule is C=C/C=C\C(CCCC)=C(/C)c1ccccc1C.Cc1ccc(Br)cc1. The molecule has 1 heteroatoms. The van der Waals surface area contributed by atoms with E-state index in [9.17, 15) is 0 Å². The largest absolute Gasteiger partial charge is 0.0991 e. The van der Waals surface area contributed by atoms with Gasteiger partial charge in [0.1, 0.15) is 0 Å². The highest BCUT2D eigenvalue weighted by atomic mass is 79.9. The van der Waals surface area contributed by atoms with Crippen molar-refractivity contribution in [3.63, 3.8) is 0 Å². The van der Waals surface area contributed by atoms with E-state index in [4.69, 9.17) is 0 Å². The zero-order valence-electron chi connectivity index (χ0n) is 16.6. The molecule has 26 heavy (non-hydrogen) atoms. The molecule has 0 amide bonds. The average Bonchev–Trinajstić information content (AvgIpc) is 2.65. The Labute approximate surface area is 168 Å². The van der Waals surface area contributed by atoms with E-state index in [0.29, 0.717) is 0 Å². The van der Waals surface area contributed by atoms with Crippen LogP contribution in [-0.2, 0) is 0 Å². The molecule has 0 radical (unpaired) electrons. The fourth-order valence-corrected chi connectivity index (χ4v) is 2.91. The maximum atomic E-state index is 3.75. The third kappa shape index (κ3) is 8.01. The van der Waals surface area contributed by atoms with Crippen molar-refractivity contribution in [2.24, 2.45) is 0 Å². The normalized spacial score (nSPS) is 11.6. The fourth-order valence-electron chi connectivity index (χ4n) is 2.65. The molecule has 0 saturated carbocycles. The van der Waals surface area contributed by atoms with Crippen LogP contribution in [0, 0.1) is 13.8 Å². The number of hydrogen-bond donors (Lipinski definition) is 0. The highest BCUT2D eigenvalue weighted by Crippen LogP contribution is 2.25. The molecule has 2 rings (SSSR count). The summed E-state index contributed by atoms with van der Waals surface area (Å²) < 4.78 is 1.14. The van der Waals surface area contributed by atoms with Crippen molar-refractivity contribution in [2.75, 3.05) is 0 Å². The zero-order chi connectivity index (χ0) is 19.4. The molecule has 0 atom stereocenters. The molecule has 0 fully saturated rings. The number of benzene rings is 2. The number of aryl methyl sites for hydroxylation is 2. The second-order valence-corrected chi connectivity index (χ2v) is 7.37. The molecule has 0 aromatic heterocycles. The average molecular weight is 411 g/mol. The first-order valence-electron chi connectivity index (χ1n) is 9.26. The van der Waals surface area contributed by atoms with Crippen LogP contribution in [0.4, 0.5) is 0 Å². The smallest absolute Gasteiger partial charge is 0.0175 e. The first-order valence-corrected chi connectivity index (χ1v) is 10.1. The van der Waals surface area contributed by atoms with Crippen molar-refractivity contribution < 1.29 is 0 Å². The van der Waals surface area contributed by atoms with Gasteiger partial charge in [-0.2, -0.15) is 0 Å². The van der Waals surface area contributed by atoms with Gasteiger partial charge in [0.15, 0.2) is 0 Å². The Morgan fingerprint density at radius 1 is 1.04 bits per heavy atom. The van der Waals surface area contributed by atoms with E-state index in [0.717, 1.165) is 10.9 Å². The van der Waals surface area contributed by atoms with Gasteiger partial charge < -0.3 is 0 Å². The maximum absolute atomic E-state index is 3.75. The summed E-state index contributed by atoms with van der Waals surface area (Å²) in [5, 5.41) is 0. The van der Waals surface area contributed by atoms with E-state index in [2.05, 4.69) is 92.7 Å². The highest BCUT2D eigenvalue weighted by molar-refractivity contribution is 9.10. The molecule has 0 saturated heterocycles. The Bertz CT molecular complexity index is 712. The van der Waals surface area contributed by atoms with Crippen molar-refractivity contribution >= 4 is 21.5 Å². The van der Waals surface area contributed by atoms with E-state index in [1.54, 1.807) is 0 Å². The molecule has 0 bridgehead atoms. The molecular weight excluding hydrogens is 380 g/mol. The summed E-state index contributed by atoms with van der Waals surface area (Å²) in [7, 11) is 0. The zero-order valence-corrected chi connectivity index (χ0v) is 18.1. The molecule has 138 valence electrons. The lowest BCUT2D eigenvalue weighted by atomic mass is 9.94. The predicted molar refractivity (Wildman–Crippen MR) is 122 cm³/mol. The Balaban J connectivity index is 0.000000350. The van der Waals surface area contributed by atoms with Gasteiger partial charge in [-0.1, -0.05) is 96.0 Å². The predicted octanol–water partition coefficient (Wildman–Crippen LogP) is 8.46.